The second-order valence-corrected chi connectivity index (χ2v) is 8.97. The molecule has 0 bridgehead atoms. The largest absolute Gasteiger partial charge is 0.268 e. The average molecular weight is 436 g/mol. The molecule has 2 aromatic heterocycles. The molecule has 4 nitrogen and oxygen atoms in total. The second kappa shape index (κ2) is 8.82. The minimum Gasteiger partial charge on any atom is -0.268 e. The fraction of sp³-hybridized carbons (Fsp3) is 0.174. The summed E-state index contributed by atoms with van der Waals surface area (Å²) < 4.78 is 15.1. The normalized spacial score (nSPS) is 11.0. The molecule has 0 saturated heterocycles. The van der Waals surface area contributed by atoms with Crippen LogP contribution in [0.2, 0.25) is 0 Å². The number of halogens is 1. The standard InChI is InChI=1S/C23H18FN3OS2/c1-15-19(16-9-11-17(24)12-10-16)20-21(30-15)26-23(29-14-6-5-13-25)27(22(20)28)18-7-3-2-4-8-18/h2-4,7-12H,5-6,14H2,1H3. The summed E-state index contributed by atoms with van der Waals surface area (Å²) in [5.41, 5.74) is 2.21. The SMILES string of the molecule is Cc1sc2nc(SCCCC#N)n(-c3ccccc3)c(=O)c2c1-c1ccc(F)cc1. The summed E-state index contributed by atoms with van der Waals surface area (Å²) in [6, 6.07) is 17.8. The highest BCUT2D eigenvalue weighted by molar-refractivity contribution is 7.99. The minimum absolute atomic E-state index is 0.141. The number of hydrogen-bond acceptors (Lipinski definition) is 5. The van der Waals surface area contributed by atoms with E-state index in [0.717, 1.165) is 28.1 Å². The van der Waals surface area contributed by atoms with Gasteiger partial charge in [-0.1, -0.05) is 42.1 Å². The van der Waals surface area contributed by atoms with Gasteiger partial charge in [-0.3, -0.25) is 9.36 Å². The number of rotatable bonds is 6. The number of fused-ring (bicyclic) bond motifs is 1. The molecule has 0 N–H and O–H groups in total. The number of aryl methyl sites for hydroxylation is 1. The Morgan fingerprint density at radius 2 is 1.90 bits per heavy atom. The Labute approximate surface area is 181 Å². The van der Waals surface area contributed by atoms with E-state index in [1.807, 2.05) is 37.3 Å². The molecule has 0 unspecified atom stereocenters. The van der Waals surface area contributed by atoms with Gasteiger partial charge >= 0.3 is 0 Å². The van der Waals surface area contributed by atoms with E-state index in [9.17, 15) is 9.18 Å². The highest BCUT2D eigenvalue weighted by atomic mass is 32.2. The number of hydrogen-bond donors (Lipinski definition) is 0. The summed E-state index contributed by atoms with van der Waals surface area (Å²) in [5.74, 6) is 0.389. The summed E-state index contributed by atoms with van der Waals surface area (Å²) in [4.78, 5) is 20.2. The van der Waals surface area contributed by atoms with Crippen molar-refractivity contribution in [1.29, 1.82) is 5.26 Å². The van der Waals surface area contributed by atoms with Crippen LogP contribution in [0.5, 0.6) is 0 Å². The molecule has 0 aliphatic heterocycles. The van der Waals surface area contributed by atoms with Gasteiger partial charge in [0.2, 0.25) is 0 Å². The third-order valence-corrected chi connectivity index (χ3v) is 6.71. The lowest BCUT2D eigenvalue weighted by Crippen LogP contribution is -2.21. The van der Waals surface area contributed by atoms with Crippen molar-refractivity contribution in [3.63, 3.8) is 0 Å². The van der Waals surface area contributed by atoms with Crippen LogP contribution in [-0.2, 0) is 0 Å². The molecule has 7 heteroatoms. The van der Waals surface area contributed by atoms with Crippen LogP contribution >= 0.6 is 23.1 Å². The molecule has 0 spiro atoms. The minimum atomic E-state index is -0.313. The van der Waals surface area contributed by atoms with E-state index in [-0.39, 0.29) is 11.4 Å². The fourth-order valence-electron chi connectivity index (χ4n) is 3.32. The second-order valence-electron chi connectivity index (χ2n) is 6.70. The number of benzene rings is 2. The molecule has 30 heavy (non-hydrogen) atoms. The quantitative estimate of drug-likeness (QED) is 0.213. The number of thiophene rings is 1. The Morgan fingerprint density at radius 1 is 1.17 bits per heavy atom. The first-order valence-corrected chi connectivity index (χ1v) is 11.3. The highest BCUT2D eigenvalue weighted by Crippen LogP contribution is 2.37. The zero-order valence-electron chi connectivity index (χ0n) is 16.3. The Bertz CT molecular complexity index is 1290. The number of aromatic nitrogens is 2. The van der Waals surface area contributed by atoms with Crippen molar-refractivity contribution < 1.29 is 4.39 Å². The topological polar surface area (TPSA) is 58.7 Å². The van der Waals surface area contributed by atoms with Crippen molar-refractivity contribution in [2.24, 2.45) is 0 Å². The molecule has 150 valence electrons. The van der Waals surface area contributed by atoms with Gasteiger partial charge in [0.1, 0.15) is 10.6 Å². The van der Waals surface area contributed by atoms with E-state index in [1.165, 1.54) is 35.2 Å². The number of para-hydroxylation sites is 1. The summed E-state index contributed by atoms with van der Waals surface area (Å²) >= 11 is 2.95. The number of nitrogens with zero attached hydrogens (tertiary/aromatic N) is 3. The molecule has 4 aromatic rings. The number of thioether (sulfide) groups is 1. The van der Waals surface area contributed by atoms with Gasteiger partial charge in [0.15, 0.2) is 5.16 Å². The summed E-state index contributed by atoms with van der Waals surface area (Å²) in [7, 11) is 0. The van der Waals surface area contributed by atoms with Crippen LogP contribution in [0.4, 0.5) is 4.39 Å². The third-order valence-electron chi connectivity index (χ3n) is 4.68. The third kappa shape index (κ3) is 3.89. The molecule has 2 aromatic carbocycles. The average Bonchev–Trinajstić information content (AvgIpc) is 3.08. The Hall–Kier alpha value is -2.95. The number of nitriles is 1. The molecule has 0 amide bonds. The molecular weight excluding hydrogens is 417 g/mol. The molecule has 0 saturated carbocycles. The lowest BCUT2D eigenvalue weighted by molar-refractivity contribution is 0.628. The van der Waals surface area contributed by atoms with Crippen molar-refractivity contribution in [1.82, 2.24) is 9.55 Å². The van der Waals surface area contributed by atoms with E-state index in [1.54, 1.807) is 16.7 Å². The van der Waals surface area contributed by atoms with Crippen molar-refractivity contribution >= 4 is 33.3 Å². The van der Waals surface area contributed by atoms with Crippen LogP contribution in [0.15, 0.2) is 64.5 Å². The van der Waals surface area contributed by atoms with Gasteiger partial charge in [0, 0.05) is 22.6 Å². The first kappa shape index (κ1) is 20.3. The highest BCUT2D eigenvalue weighted by Gasteiger charge is 2.20. The molecule has 0 aliphatic rings. The van der Waals surface area contributed by atoms with Crippen molar-refractivity contribution in [2.45, 2.75) is 24.9 Å². The van der Waals surface area contributed by atoms with Crippen LogP contribution in [0.1, 0.15) is 17.7 Å². The monoisotopic (exact) mass is 435 g/mol. The maximum absolute atomic E-state index is 13.7. The predicted molar refractivity (Wildman–Crippen MR) is 121 cm³/mol. The van der Waals surface area contributed by atoms with Crippen LogP contribution < -0.4 is 5.56 Å². The van der Waals surface area contributed by atoms with E-state index >= 15 is 0 Å². The first-order valence-electron chi connectivity index (χ1n) is 9.47. The van der Waals surface area contributed by atoms with Crippen molar-refractivity contribution in [3.8, 4) is 22.9 Å². The zero-order valence-corrected chi connectivity index (χ0v) is 17.9. The number of unbranched alkanes of at least 4 members (excludes halogenated alkanes) is 1. The van der Waals surface area contributed by atoms with Gasteiger partial charge < -0.3 is 0 Å². The van der Waals surface area contributed by atoms with Gasteiger partial charge in [0.25, 0.3) is 5.56 Å². The fourth-order valence-corrected chi connectivity index (χ4v) is 5.36. The van der Waals surface area contributed by atoms with E-state index in [2.05, 4.69) is 6.07 Å². The van der Waals surface area contributed by atoms with Gasteiger partial charge in [-0.2, -0.15) is 5.26 Å². The van der Waals surface area contributed by atoms with Gasteiger partial charge in [-0.05, 0) is 43.2 Å². The lowest BCUT2D eigenvalue weighted by Gasteiger charge is -2.12. The molecule has 2 heterocycles. The molecule has 0 atom stereocenters. The van der Waals surface area contributed by atoms with Crippen LogP contribution in [0, 0.1) is 24.1 Å². The lowest BCUT2D eigenvalue weighted by atomic mass is 10.0. The molecule has 4 rings (SSSR count). The molecule has 0 radical (unpaired) electrons. The van der Waals surface area contributed by atoms with Gasteiger partial charge in [-0.25, -0.2) is 9.37 Å². The van der Waals surface area contributed by atoms with Crippen molar-refractivity contribution in [3.05, 3.63) is 75.6 Å². The molecule has 0 fully saturated rings. The predicted octanol–water partition coefficient (Wildman–Crippen LogP) is 5.96. The van der Waals surface area contributed by atoms with Crippen LogP contribution in [0.3, 0.4) is 0 Å². The summed E-state index contributed by atoms with van der Waals surface area (Å²) in [6.07, 6.45) is 1.20. The van der Waals surface area contributed by atoms with E-state index in [0.29, 0.717) is 27.5 Å². The van der Waals surface area contributed by atoms with Crippen LogP contribution in [0.25, 0.3) is 27.0 Å². The van der Waals surface area contributed by atoms with Gasteiger partial charge in [-0.15, -0.1) is 11.3 Å². The maximum Gasteiger partial charge on any atom is 0.268 e. The first-order chi connectivity index (χ1) is 14.6. The Kier molecular flexibility index (Phi) is 5.98. The maximum atomic E-state index is 13.7. The molecular formula is C23H18FN3OS2. The Morgan fingerprint density at radius 3 is 2.60 bits per heavy atom. The Balaban J connectivity index is 1.94. The van der Waals surface area contributed by atoms with Gasteiger partial charge in [0.05, 0.1) is 17.1 Å². The van der Waals surface area contributed by atoms with E-state index in [4.69, 9.17) is 10.2 Å². The zero-order chi connectivity index (χ0) is 21.1. The smallest absolute Gasteiger partial charge is 0.268 e. The summed E-state index contributed by atoms with van der Waals surface area (Å²) in [6.45, 7) is 1.96. The van der Waals surface area contributed by atoms with Crippen molar-refractivity contribution in [2.75, 3.05) is 5.75 Å². The van der Waals surface area contributed by atoms with E-state index < -0.39 is 0 Å². The molecule has 0 aliphatic carbocycles. The summed E-state index contributed by atoms with van der Waals surface area (Å²) in [5, 5.41) is 9.95. The van der Waals surface area contributed by atoms with Crippen LogP contribution in [-0.4, -0.2) is 15.3 Å².